The van der Waals surface area contributed by atoms with Crippen molar-refractivity contribution < 1.29 is 28.5 Å². The number of benzene rings is 1. The van der Waals surface area contributed by atoms with Gasteiger partial charge in [-0.1, -0.05) is 30.3 Å². The number of ether oxygens (including phenoxy) is 1. The molecule has 0 heterocycles. The Balaban J connectivity index is 2.84. The van der Waals surface area contributed by atoms with Crippen LogP contribution in [0.3, 0.4) is 0 Å². The van der Waals surface area contributed by atoms with E-state index in [2.05, 4.69) is 10.2 Å². The molecular formula is C16H25N2O6P. The number of esters is 1. The van der Waals surface area contributed by atoms with Crippen LogP contribution in [0.2, 0.25) is 0 Å². The molecule has 0 aliphatic rings. The van der Waals surface area contributed by atoms with E-state index in [1.165, 1.54) is 13.8 Å². The van der Waals surface area contributed by atoms with Crippen LogP contribution in [0, 0.1) is 0 Å². The number of carbonyl (C=O) groups excluding carboxylic acids is 1. The normalized spacial score (nSPS) is 16.0. The van der Waals surface area contributed by atoms with Crippen LogP contribution in [0.25, 0.3) is 0 Å². The summed E-state index contributed by atoms with van der Waals surface area (Å²) >= 11 is 0. The third kappa shape index (κ3) is 7.79. The standard InChI is InChI=1S/C16H25N2O6P/c1-11(2)24-16(21)13(4)18-25(22,17-12(3)15(19)20)23-10-14-8-6-5-7-9-14/h5-9,11-13H,10H2,1-4H3,(H,19,20)(H2,17,18,22). The molecule has 0 saturated heterocycles. The van der Waals surface area contributed by atoms with Gasteiger partial charge in [0.05, 0.1) is 12.7 Å². The Morgan fingerprint density at radius 3 is 2.16 bits per heavy atom. The zero-order valence-corrected chi connectivity index (χ0v) is 15.7. The highest BCUT2D eigenvalue weighted by Gasteiger charge is 2.32. The molecule has 0 radical (unpaired) electrons. The number of carboxylic acid groups (broad SMARTS) is 1. The average Bonchev–Trinajstić information content (AvgIpc) is 2.53. The van der Waals surface area contributed by atoms with Crippen molar-refractivity contribution in [3.8, 4) is 0 Å². The molecule has 0 aliphatic carbocycles. The van der Waals surface area contributed by atoms with Crippen molar-refractivity contribution in [1.29, 1.82) is 0 Å². The van der Waals surface area contributed by atoms with Crippen molar-refractivity contribution in [2.24, 2.45) is 0 Å². The quantitative estimate of drug-likeness (QED) is 0.423. The minimum atomic E-state index is -3.83. The predicted molar refractivity (Wildman–Crippen MR) is 92.9 cm³/mol. The van der Waals surface area contributed by atoms with Crippen molar-refractivity contribution in [3.05, 3.63) is 35.9 Å². The molecule has 1 aromatic rings. The maximum atomic E-state index is 13.0. The molecule has 1 aromatic carbocycles. The van der Waals surface area contributed by atoms with Gasteiger partial charge in [-0.25, -0.2) is 10.2 Å². The van der Waals surface area contributed by atoms with E-state index in [1.54, 1.807) is 38.1 Å². The molecule has 9 heteroatoms. The van der Waals surface area contributed by atoms with Gasteiger partial charge >= 0.3 is 19.6 Å². The van der Waals surface area contributed by atoms with E-state index >= 15 is 0 Å². The molecule has 0 fully saturated rings. The first kappa shape index (κ1) is 21.3. The maximum Gasteiger partial charge on any atom is 0.342 e. The third-order valence-corrected chi connectivity index (χ3v) is 5.01. The molecule has 1 rings (SSSR count). The molecule has 0 bridgehead atoms. The van der Waals surface area contributed by atoms with E-state index in [4.69, 9.17) is 14.4 Å². The molecule has 0 aromatic heterocycles. The molecular weight excluding hydrogens is 347 g/mol. The highest BCUT2D eigenvalue weighted by atomic mass is 31.2. The van der Waals surface area contributed by atoms with Gasteiger partial charge in [-0.2, -0.15) is 0 Å². The number of hydrogen-bond donors (Lipinski definition) is 3. The molecule has 25 heavy (non-hydrogen) atoms. The SMILES string of the molecule is CC(C)OC(=O)C(C)NP(=O)(NC(C)C(=O)O)OCc1ccccc1. The monoisotopic (exact) mass is 372 g/mol. The predicted octanol–water partition coefficient (Wildman–Crippen LogP) is 2.30. The van der Waals surface area contributed by atoms with Gasteiger partial charge in [-0.15, -0.1) is 0 Å². The van der Waals surface area contributed by atoms with Gasteiger partial charge in [0.25, 0.3) is 0 Å². The van der Waals surface area contributed by atoms with Crippen molar-refractivity contribution in [1.82, 2.24) is 10.2 Å². The number of carbonyl (C=O) groups is 2. The zero-order valence-electron chi connectivity index (χ0n) is 14.8. The summed E-state index contributed by atoms with van der Waals surface area (Å²) in [5.74, 6) is -1.80. The summed E-state index contributed by atoms with van der Waals surface area (Å²) in [6, 6.07) is 6.90. The Labute approximate surface area is 147 Å². The lowest BCUT2D eigenvalue weighted by Crippen LogP contribution is -2.42. The molecule has 140 valence electrons. The van der Waals surface area contributed by atoms with Gasteiger partial charge in [-0.3, -0.25) is 14.2 Å². The Hall–Kier alpha value is -1.73. The fraction of sp³-hybridized carbons (Fsp3) is 0.500. The molecule has 3 unspecified atom stereocenters. The maximum absolute atomic E-state index is 13.0. The van der Waals surface area contributed by atoms with E-state index in [0.29, 0.717) is 0 Å². The summed E-state index contributed by atoms with van der Waals surface area (Å²) in [4.78, 5) is 23.0. The second-order valence-corrected chi connectivity index (χ2v) is 7.71. The molecule has 8 nitrogen and oxygen atoms in total. The lowest BCUT2D eigenvalue weighted by molar-refractivity contribution is -0.149. The number of rotatable bonds is 10. The molecule has 0 amide bonds. The first-order valence-electron chi connectivity index (χ1n) is 7.90. The van der Waals surface area contributed by atoms with E-state index in [0.717, 1.165) is 5.56 Å². The van der Waals surface area contributed by atoms with Crippen LogP contribution in [0.15, 0.2) is 30.3 Å². The second-order valence-electron chi connectivity index (χ2n) is 5.84. The third-order valence-electron chi connectivity index (χ3n) is 3.06. The van der Waals surface area contributed by atoms with E-state index in [9.17, 15) is 14.2 Å². The summed E-state index contributed by atoms with van der Waals surface area (Å²) < 4.78 is 23.5. The highest BCUT2D eigenvalue weighted by molar-refractivity contribution is 7.54. The Morgan fingerprint density at radius 2 is 1.64 bits per heavy atom. The van der Waals surface area contributed by atoms with Crippen molar-refractivity contribution in [2.45, 2.75) is 52.5 Å². The smallest absolute Gasteiger partial charge is 0.342 e. The number of nitrogens with one attached hydrogen (secondary N) is 2. The summed E-state index contributed by atoms with van der Waals surface area (Å²) in [6.07, 6.45) is -0.327. The fourth-order valence-corrected chi connectivity index (χ4v) is 3.59. The van der Waals surface area contributed by atoms with Crippen LogP contribution >= 0.6 is 7.67 Å². The molecule has 0 aliphatic heterocycles. The summed E-state index contributed by atoms with van der Waals surface area (Å²) in [5, 5.41) is 14.0. The van der Waals surface area contributed by atoms with Crippen molar-refractivity contribution in [2.75, 3.05) is 0 Å². The molecule has 3 N–H and O–H groups in total. The lowest BCUT2D eigenvalue weighted by Gasteiger charge is -2.25. The van der Waals surface area contributed by atoms with E-state index < -0.39 is 31.7 Å². The summed E-state index contributed by atoms with van der Waals surface area (Å²) in [5.41, 5.74) is 0.756. The number of hydrogen-bond acceptors (Lipinski definition) is 5. The average molecular weight is 372 g/mol. The van der Waals surface area contributed by atoms with Gasteiger partial charge in [-0.05, 0) is 33.3 Å². The second kappa shape index (κ2) is 9.68. The van der Waals surface area contributed by atoms with Crippen LogP contribution < -0.4 is 10.2 Å². The first-order chi connectivity index (χ1) is 11.6. The van der Waals surface area contributed by atoms with Crippen LogP contribution in [-0.4, -0.2) is 35.2 Å². The molecule has 0 spiro atoms. The number of aliphatic carboxylic acids is 1. The van der Waals surface area contributed by atoms with Crippen LogP contribution in [0.4, 0.5) is 0 Å². The van der Waals surface area contributed by atoms with Crippen molar-refractivity contribution >= 4 is 19.6 Å². The Bertz CT molecular complexity index is 622. The minimum absolute atomic E-state index is 0.0175. The zero-order chi connectivity index (χ0) is 19.0. The van der Waals surface area contributed by atoms with Crippen LogP contribution in [0.5, 0.6) is 0 Å². The summed E-state index contributed by atoms with van der Waals surface area (Å²) in [7, 11) is -3.83. The minimum Gasteiger partial charge on any atom is -0.480 e. The van der Waals surface area contributed by atoms with E-state index in [1.807, 2.05) is 6.07 Å². The first-order valence-corrected chi connectivity index (χ1v) is 9.53. The van der Waals surface area contributed by atoms with Gasteiger partial charge < -0.3 is 14.4 Å². The highest BCUT2D eigenvalue weighted by Crippen LogP contribution is 2.40. The Kier molecular flexibility index (Phi) is 8.25. The van der Waals surface area contributed by atoms with Crippen molar-refractivity contribution in [3.63, 3.8) is 0 Å². The Morgan fingerprint density at radius 1 is 1.08 bits per heavy atom. The number of carboxylic acids is 1. The van der Waals surface area contributed by atoms with Gasteiger partial charge in [0.15, 0.2) is 0 Å². The van der Waals surface area contributed by atoms with Crippen LogP contribution in [-0.2, 0) is 30.0 Å². The topological polar surface area (TPSA) is 114 Å². The van der Waals surface area contributed by atoms with Gasteiger partial charge in [0.2, 0.25) is 0 Å². The van der Waals surface area contributed by atoms with Crippen LogP contribution in [0.1, 0.15) is 33.3 Å². The largest absolute Gasteiger partial charge is 0.480 e. The summed E-state index contributed by atoms with van der Waals surface area (Å²) in [6.45, 7) is 6.17. The lowest BCUT2D eigenvalue weighted by atomic mass is 10.2. The van der Waals surface area contributed by atoms with E-state index in [-0.39, 0.29) is 12.7 Å². The van der Waals surface area contributed by atoms with Gasteiger partial charge in [0, 0.05) is 0 Å². The fourth-order valence-electron chi connectivity index (χ4n) is 1.80. The molecule has 3 atom stereocenters. The van der Waals surface area contributed by atoms with Gasteiger partial charge in [0.1, 0.15) is 12.1 Å². The molecule has 0 saturated carbocycles.